The minimum atomic E-state index is 0.286. The third kappa shape index (κ3) is 2.80. The van der Waals surface area contributed by atoms with Crippen LogP contribution in [0.4, 0.5) is 5.95 Å². The van der Waals surface area contributed by atoms with E-state index in [4.69, 9.17) is 5.73 Å². The summed E-state index contributed by atoms with van der Waals surface area (Å²) >= 11 is 0. The monoisotopic (exact) mass is 236 g/mol. The lowest BCUT2D eigenvalue weighted by molar-refractivity contribution is 0.485. The number of hydrogen-bond donors (Lipinski definition) is 1. The molecule has 1 saturated heterocycles. The highest BCUT2D eigenvalue weighted by Crippen LogP contribution is 2.24. The maximum atomic E-state index is 5.98. The van der Waals surface area contributed by atoms with Gasteiger partial charge in [0.15, 0.2) is 0 Å². The maximum Gasteiger partial charge on any atom is 0.205 e. The van der Waals surface area contributed by atoms with Crippen LogP contribution in [0.3, 0.4) is 0 Å². The Kier molecular flexibility index (Phi) is 3.72. The molecule has 17 heavy (non-hydrogen) atoms. The van der Waals surface area contributed by atoms with Crippen molar-refractivity contribution < 1.29 is 0 Å². The third-order valence-electron chi connectivity index (χ3n) is 3.51. The van der Waals surface area contributed by atoms with E-state index in [0.717, 1.165) is 25.6 Å². The molecule has 2 atom stereocenters. The molecule has 2 heterocycles. The van der Waals surface area contributed by atoms with E-state index in [9.17, 15) is 0 Å². The molecule has 0 bridgehead atoms. The van der Waals surface area contributed by atoms with Gasteiger partial charge in [-0.25, -0.2) is 4.98 Å². The van der Waals surface area contributed by atoms with Gasteiger partial charge in [0.05, 0.1) is 0 Å². The van der Waals surface area contributed by atoms with Gasteiger partial charge in [-0.1, -0.05) is 13.8 Å². The van der Waals surface area contributed by atoms with Crippen LogP contribution in [0.5, 0.6) is 0 Å². The van der Waals surface area contributed by atoms with E-state index < -0.39 is 0 Å². The number of rotatable bonds is 4. The molecule has 4 heteroatoms. The van der Waals surface area contributed by atoms with Crippen molar-refractivity contribution in [2.75, 3.05) is 18.0 Å². The van der Waals surface area contributed by atoms with Gasteiger partial charge >= 0.3 is 0 Å². The summed E-state index contributed by atoms with van der Waals surface area (Å²) in [5.41, 5.74) is 5.98. The molecule has 1 aromatic heterocycles. The van der Waals surface area contributed by atoms with Crippen molar-refractivity contribution in [1.29, 1.82) is 0 Å². The van der Waals surface area contributed by atoms with Gasteiger partial charge in [-0.15, -0.1) is 0 Å². The fourth-order valence-corrected chi connectivity index (χ4v) is 2.52. The maximum absolute atomic E-state index is 5.98. The Morgan fingerprint density at radius 1 is 1.47 bits per heavy atom. The quantitative estimate of drug-likeness (QED) is 0.865. The molecule has 96 valence electrons. The molecule has 1 aliphatic heterocycles. The minimum absolute atomic E-state index is 0.286. The van der Waals surface area contributed by atoms with Crippen molar-refractivity contribution in [3.8, 4) is 0 Å². The fourth-order valence-electron chi connectivity index (χ4n) is 2.52. The average molecular weight is 236 g/mol. The fraction of sp³-hybridized carbons (Fsp3) is 0.769. The number of hydrogen-bond acceptors (Lipinski definition) is 3. The Balaban J connectivity index is 2.06. The van der Waals surface area contributed by atoms with Crippen LogP contribution >= 0.6 is 0 Å². The summed E-state index contributed by atoms with van der Waals surface area (Å²) in [4.78, 5) is 6.86. The van der Waals surface area contributed by atoms with Crippen LogP contribution < -0.4 is 10.6 Å². The molecule has 2 rings (SSSR count). The van der Waals surface area contributed by atoms with Crippen LogP contribution in [0.25, 0.3) is 0 Å². The second kappa shape index (κ2) is 5.08. The van der Waals surface area contributed by atoms with E-state index in [1.54, 1.807) is 0 Å². The summed E-state index contributed by atoms with van der Waals surface area (Å²) < 4.78 is 2.26. The molecular weight excluding hydrogens is 212 g/mol. The van der Waals surface area contributed by atoms with Crippen LogP contribution in [0, 0.1) is 11.8 Å². The van der Waals surface area contributed by atoms with E-state index in [2.05, 4.69) is 41.4 Å². The molecule has 0 aliphatic carbocycles. The van der Waals surface area contributed by atoms with Gasteiger partial charge in [0, 0.05) is 38.1 Å². The van der Waals surface area contributed by atoms with Gasteiger partial charge in [-0.05, 0) is 25.2 Å². The Hall–Kier alpha value is -1.03. The lowest BCUT2D eigenvalue weighted by Crippen LogP contribution is -2.30. The summed E-state index contributed by atoms with van der Waals surface area (Å²) in [6.45, 7) is 9.74. The standard InChI is InChI=1S/C13H24N4/c1-10(2)8-17-7-5-15-13(17)16-6-4-12(9-16)11(3)14/h5,7,10-12H,4,6,8-9,14H2,1-3H3. The van der Waals surface area contributed by atoms with Gasteiger partial charge < -0.3 is 15.2 Å². The molecule has 0 spiro atoms. The highest BCUT2D eigenvalue weighted by molar-refractivity contribution is 5.33. The zero-order valence-corrected chi connectivity index (χ0v) is 11.1. The first kappa shape index (κ1) is 12.4. The van der Waals surface area contributed by atoms with Crippen LogP contribution in [0.1, 0.15) is 27.2 Å². The molecule has 0 radical (unpaired) electrons. The first-order chi connectivity index (χ1) is 8.08. The SMILES string of the molecule is CC(C)Cn1ccnc1N1CCC(C(C)N)C1. The molecule has 4 nitrogen and oxygen atoms in total. The van der Waals surface area contributed by atoms with Gasteiger partial charge in [-0.2, -0.15) is 0 Å². The van der Waals surface area contributed by atoms with E-state index in [1.807, 2.05) is 6.20 Å². The zero-order valence-electron chi connectivity index (χ0n) is 11.1. The van der Waals surface area contributed by atoms with E-state index in [0.29, 0.717) is 11.8 Å². The predicted octanol–water partition coefficient (Wildman–Crippen LogP) is 1.71. The summed E-state index contributed by atoms with van der Waals surface area (Å²) in [6, 6.07) is 0.286. The zero-order chi connectivity index (χ0) is 12.4. The van der Waals surface area contributed by atoms with Crippen LogP contribution in [-0.2, 0) is 6.54 Å². The number of nitrogens with two attached hydrogens (primary N) is 1. The molecule has 0 amide bonds. The Labute approximate surface area is 104 Å². The Morgan fingerprint density at radius 3 is 2.82 bits per heavy atom. The molecule has 0 saturated carbocycles. The second-order valence-corrected chi connectivity index (χ2v) is 5.63. The summed E-state index contributed by atoms with van der Waals surface area (Å²) in [5.74, 6) is 2.37. The van der Waals surface area contributed by atoms with Crippen molar-refractivity contribution >= 4 is 5.95 Å². The summed E-state index contributed by atoms with van der Waals surface area (Å²) in [5, 5.41) is 0. The van der Waals surface area contributed by atoms with E-state index >= 15 is 0 Å². The normalized spacial score (nSPS) is 22.4. The first-order valence-electron chi connectivity index (χ1n) is 6.59. The molecular formula is C13H24N4. The average Bonchev–Trinajstić information content (AvgIpc) is 2.83. The van der Waals surface area contributed by atoms with Gasteiger partial charge in [0.1, 0.15) is 0 Å². The van der Waals surface area contributed by atoms with Crippen LogP contribution in [0.2, 0.25) is 0 Å². The van der Waals surface area contributed by atoms with E-state index in [-0.39, 0.29) is 6.04 Å². The molecule has 1 aromatic rings. The van der Waals surface area contributed by atoms with Gasteiger partial charge in [0.25, 0.3) is 0 Å². The molecule has 2 N–H and O–H groups in total. The first-order valence-corrected chi connectivity index (χ1v) is 6.59. The van der Waals surface area contributed by atoms with Gasteiger partial charge in [-0.3, -0.25) is 0 Å². The minimum Gasteiger partial charge on any atom is -0.342 e. The lowest BCUT2D eigenvalue weighted by atomic mass is 10.0. The second-order valence-electron chi connectivity index (χ2n) is 5.63. The lowest BCUT2D eigenvalue weighted by Gasteiger charge is -2.21. The highest BCUT2D eigenvalue weighted by atomic mass is 15.3. The number of nitrogens with zero attached hydrogens (tertiary/aromatic N) is 3. The van der Waals surface area contributed by atoms with Crippen molar-refractivity contribution in [3.05, 3.63) is 12.4 Å². The van der Waals surface area contributed by atoms with Crippen molar-refractivity contribution in [2.24, 2.45) is 17.6 Å². The molecule has 1 fully saturated rings. The largest absolute Gasteiger partial charge is 0.342 e. The number of imidazole rings is 1. The Bertz CT molecular complexity index is 356. The van der Waals surface area contributed by atoms with Crippen molar-refractivity contribution in [2.45, 2.75) is 39.8 Å². The number of aromatic nitrogens is 2. The third-order valence-corrected chi connectivity index (χ3v) is 3.51. The van der Waals surface area contributed by atoms with Gasteiger partial charge in [0.2, 0.25) is 5.95 Å². The van der Waals surface area contributed by atoms with Crippen molar-refractivity contribution in [1.82, 2.24) is 9.55 Å². The number of anilines is 1. The van der Waals surface area contributed by atoms with Crippen molar-refractivity contribution in [3.63, 3.8) is 0 Å². The predicted molar refractivity (Wildman–Crippen MR) is 71.0 cm³/mol. The molecule has 2 unspecified atom stereocenters. The summed E-state index contributed by atoms with van der Waals surface area (Å²) in [7, 11) is 0. The smallest absolute Gasteiger partial charge is 0.205 e. The van der Waals surface area contributed by atoms with Crippen LogP contribution in [-0.4, -0.2) is 28.7 Å². The topological polar surface area (TPSA) is 47.1 Å². The van der Waals surface area contributed by atoms with E-state index in [1.165, 1.54) is 6.42 Å². The molecule has 0 aromatic carbocycles. The highest BCUT2D eigenvalue weighted by Gasteiger charge is 2.27. The van der Waals surface area contributed by atoms with Crippen LogP contribution in [0.15, 0.2) is 12.4 Å². The Morgan fingerprint density at radius 2 is 2.24 bits per heavy atom. The molecule has 1 aliphatic rings. The summed E-state index contributed by atoms with van der Waals surface area (Å²) in [6.07, 6.45) is 5.16.